The summed E-state index contributed by atoms with van der Waals surface area (Å²) in [5, 5.41) is 2.23. The number of aryl methyl sites for hydroxylation is 2. The number of aromatic nitrogens is 1. The minimum atomic E-state index is 0.512. The molecule has 0 aliphatic rings. The summed E-state index contributed by atoms with van der Waals surface area (Å²) in [4.78, 5) is 2.30. The molecule has 0 aliphatic heterocycles. The van der Waals surface area contributed by atoms with Crippen molar-refractivity contribution in [2.45, 2.75) is 13.8 Å². The Bertz CT molecular complexity index is 2690. The third kappa shape index (κ3) is 5.85. The fraction of sp³-hybridized carbons (Fsp3) is 0.0400. The molecule has 0 aliphatic carbocycles. The molecule has 248 valence electrons. The summed E-state index contributed by atoms with van der Waals surface area (Å²) >= 11 is 0. The van der Waals surface area contributed by atoms with Crippen molar-refractivity contribution in [3.8, 4) is 39.1 Å². The highest BCUT2D eigenvalue weighted by Crippen LogP contribution is 2.38. The molecule has 0 saturated heterocycles. The first-order valence-electron chi connectivity index (χ1n) is 18.3. The Hall–Kier alpha value is -6.64. The van der Waals surface area contributed by atoms with E-state index >= 15 is 0 Å². The highest BCUT2D eigenvalue weighted by atomic mass is 15.1. The molecule has 52 heavy (non-hydrogen) atoms. The van der Waals surface area contributed by atoms with Crippen molar-refractivity contribution < 1.29 is 1.37 Å². The summed E-state index contributed by atoms with van der Waals surface area (Å²) in [6.45, 7) is 4.24. The lowest BCUT2D eigenvalue weighted by Crippen LogP contribution is -2.09. The van der Waals surface area contributed by atoms with Crippen LogP contribution >= 0.6 is 0 Å². The van der Waals surface area contributed by atoms with Crippen LogP contribution in [-0.4, -0.2) is 4.57 Å². The molecule has 1 aromatic heterocycles. The molecule has 9 rings (SSSR count). The average Bonchev–Trinajstić information content (AvgIpc) is 3.52. The summed E-state index contributed by atoms with van der Waals surface area (Å²) in [5.41, 5.74) is 16.3. The van der Waals surface area contributed by atoms with Crippen LogP contribution in [0, 0.1) is 13.8 Å². The summed E-state index contributed by atoms with van der Waals surface area (Å²) in [6.07, 6.45) is 0. The molecule has 1 heterocycles. The van der Waals surface area contributed by atoms with Crippen molar-refractivity contribution in [3.05, 3.63) is 205 Å². The second-order valence-electron chi connectivity index (χ2n) is 13.6. The Labute approximate surface area is 306 Å². The summed E-state index contributed by atoms with van der Waals surface area (Å²) < 4.78 is 10.8. The standard InChI is InChI=1S/C50H38N2/c1-35-12-16-37(17-13-35)39-24-31-46(32-25-39)52-49-11-7-6-10-47(49)48-34-42(26-33-50(48)52)41-20-18-38(19-21-41)40-22-29-45(30-23-40)51(43-8-4-3-5-9-43)44-27-14-36(2)15-28-44/h3-34H,1-2H3/i6D. The van der Waals surface area contributed by atoms with Gasteiger partial charge in [-0.25, -0.2) is 0 Å². The lowest BCUT2D eigenvalue weighted by molar-refractivity contribution is 1.18. The lowest BCUT2D eigenvalue weighted by Gasteiger charge is -2.25. The Morgan fingerprint density at radius 1 is 0.385 bits per heavy atom. The van der Waals surface area contributed by atoms with E-state index in [0.29, 0.717) is 6.04 Å². The van der Waals surface area contributed by atoms with Crippen molar-refractivity contribution in [1.82, 2.24) is 4.57 Å². The van der Waals surface area contributed by atoms with E-state index in [1.165, 1.54) is 33.4 Å². The van der Waals surface area contributed by atoms with E-state index in [2.05, 4.69) is 199 Å². The molecular weight excluding hydrogens is 629 g/mol. The Kier molecular flexibility index (Phi) is 7.69. The lowest BCUT2D eigenvalue weighted by atomic mass is 9.99. The van der Waals surface area contributed by atoms with E-state index in [9.17, 15) is 0 Å². The van der Waals surface area contributed by atoms with Gasteiger partial charge >= 0.3 is 0 Å². The molecule has 0 saturated carbocycles. The number of hydrogen-bond donors (Lipinski definition) is 0. The molecule has 0 amide bonds. The van der Waals surface area contributed by atoms with Gasteiger partial charge in [0.1, 0.15) is 0 Å². The summed E-state index contributed by atoms with van der Waals surface area (Å²) in [6, 6.07) is 67.5. The van der Waals surface area contributed by atoms with E-state index in [-0.39, 0.29) is 0 Å². The van der Waals surface area contributed by atoms with Crippen molar-refractivity contribution in [2.24, 2.45) is 0 Å². The largest absolute Gasteiger partial charge is 0.311 e. The second-order valence-corrected chi connectivity index (χ2v) is 13.6. The smallest absolute Gasteiger partial charge is 0.0623 e. The van der Waals surface area contributed by atoms with E-state index in [1.54, 1.807) is 0 Å². The first-order valence-corrected chi connectivity index (χ1v) is 17.8. The van der Waals surface area contributed by atoms with Gasteiger partial charge in [0, 0.05) is 33.5 Å². The van der Waals surface area contributed by atoms with Gasteiger partial charge in [-0.1, -0.05) is 138 Å². The van der Waals surface area contributed by atoms with Crippen molar-refractivity contribution >= 4 is 38.9 Å². The fourth-order valence-corrected chi connectivity index (χ4v) is 7.29. The second kappa shape index (κ2) is 13.2. The molecule has 0 radical (unpaired) electrons. The van der Waals surface area contributed by atoms with Gasteiger partial charge in [0.15, 0.2) is 0 Å². The van der Waals surface area contributed by atoms with Gasteiger partial charge in [0.2, 0.25) is 0 Å². The minimum absolute atomic E-state index is 0.512. The number of anilines is 3. The third-order valence-electron chi connectivity index (χ3n) is 10.1. The van der Waals surface area contributed by atoms with Crippen LogP contribution in [0.1, 0.15) is 12.5 Å². The maximum absolute atomic E-state index is 8.45. The van der Waals surface area contributed by atoms with Crippen LogP contribution in [0.25, 0.3) is 60.9 Å². The van der Waals surface area contributed by atoms with Crippen LogP contribution in [-0.2, 0) is 0 Å². The van der Waals surface area contributed by atoms with Gasteiger partial charge in [0.25, 0.3) is 0 Å². The average molecular weight is 668 g/mol. The molecule has 0 atom stereocenters. The van der Waals surface area contributed by atoms with E-state index in [4.69, 9.17) is 1.37 Å². The molecule has 0 bridgehead atoms. The quantitative estimate of drug-likeness (QED) is 0.164. The Morgan fingerprint density at radius 2 is 0.827 bits per heavy atom. The van der Waals surface area contributed by atoms with Crippen LogP contribution in [0.3, 0.4) is 0 Å². The summed E-state index contributed by atoms with van der Waals surface area (Å²) in [7, 11) is 0. The zero-order valence-electron chi connectivity index (χ0n) is 30.3. The van der Waals surface area contributed by atoms with Crippen molar-refractivity contribution in [3.63, 3.8) is 0 Å². The monoisotopic (exact) mass is 667 g/mol. The van der Waals surface area contributed by atoms with Gasteiger partial charge < -0.3 is 9.47 Å². The minimum Gasteiger partial charge on any atom is -0.311 e. The molecular formula is C50H38N2. The topological polar surface area (TPSA) is 8.17 Å². The van der Waals surface area contributed by atoms with E-state index < -0.39 is 0 Å². The van der Waals surface area contributed by atoms with E-state index in [1.807, 2.05) is 12.1 Å². The van der Waals surface area contributed by atoms with Crippen molar-refractivity contribution in [1.29, 1.82) is 0 Å². The molecule has 9 aromatic rings. The fourth-order valence-electron chi connectivity index (χ4n) is 7.29. The van der Waals surface area contributed by atoms with Gasteiger partial charge in [-0.15, -0.1) is 0 Å². The third-order valence-corrected chi connectivity index (χ3v) is 10.1. The molecule has 2 heteroatoms. The van der Waals surface area contributed by atoms with Gasteiger partial charge in [0.05, 0.1) is 12.4 Å². The van der Waals surface area contributed by atoms with Crippen LogP contribution in [0.2, 0.25) is 0 Å². The highest BCUT2D eigenvalue weighted by Gasteiger charge is 2.15. The Morgan fingerprint density at radius 3 is 1.44 bits per heavy atom. The zero-order valence-corrected chi connectivity index (χ0v) is 29.3. The molecule has 8 aromatic carbocycles. The maximum Gasteiger partial charge on any atom is 0.0623 e. The number of rotatable bonds is 7. The predicted octanol–water partition coefficient (Wildman–Crippen LogP) is 13.9. The molecule has 2 nitrogen and oxygen atoms in total. The van der Waals surface area contributed by atoms with Gasteiger partial charge in [-0.3, -0.25) is 0 Å². The molecule has 0 spiro atoms. The van der Waals surface area contributed by atoms with Crippen LogP contribution < -0.4 is 4.90 Å². The summed E-state index contributed by atoms with van der Waals surface area (Å²) in [5.74, 6) is 0. The van der Waals surface area contributed by atoms with Crippen molar-refractivity contribution in [2.75, 3.05) is 4.90 Å². The van der Waals surface area contributed by atoms with Gasteiger partial charge in [-0.05, 0) is 114 Å². The molecule has 0 fully saturated rings. The van der Waals surface area contributed by atoms with Gasteiger partial charge in [-0.2, -0.15) is 0 Å². The number of para-hydroxylation sites is 2. The number of benzene rings is 8. The molecule has 0 N–H and O–H groups in total. The van der Waals surface area contributed by atoms with Crippen LogP contribution in [0.5, 0.6) is 0 Å². The highest BCUT2D eigenvalue weighted by molar-refractivity contribution is 6.10. The van der Waals surface area contributed by atoms with Crippen LogP contribution in [0.4, 0.5) is 17.1 Å². The number of hydrogen-bond acceptors (Lipinski definition) is 1. The first-order chi connectivity index (χ1) is 26.0. The number of fused-ring (bicyclic) bond motifs is 3. The zero-order chi connectivity index (χ0) is 35.9. The normalized spacial score (nSPS) is 11.5. The Balaban J connectivity index is 1.03. The molecule has 0 unspecified atom stereocenters. The maximum atomic E-state index is 8.45. The van der Waals surface area contributed by atoms with Crippen LogP contribution in [0.15, 0.2) is 194 Å². The van der Waals surface area contributed by atoms with E-state index in [0.717, 1.165) is 55.7 Å². The number of nitrogens with zero attached hydrogens (tertiary/aromatic N) is 2. The predicted molar refractivity (Wildman–Crippen MR) is 221 cm³/mol. The SMILES string of the molecule is [2H]c1ccc2c(c1)c1cc(-c3ccc(-c4ccc(N(c5ccccc5)c5ccc(C)cc5)cc4)cc3)ccc1n2-c1ccc(-c2ccc(C)cc2)cc1. The first kappa shape index (κ1) is 30.2.